The van der Waals surface area contributed by atoms with Gasteiger partial charge in [-0.25, -0.2) is 0 Å². The molecule has 0 saturated carbocycles. The van der Waals surface area contributed by atoms with Crippen LogP contribution in [0.3, 0.4) is 0 Å². The second-order valence-corrected chi connectivity index (χ2v) is 7.64. The molecule has 0 bridgehead atoms. The van der Waals surface area contributed by atoms with Crippen LogP contribution in [0.1, 0.15) is 52.1 Å². The van der Waals surface area contributed by atoms with Crippen LogP contribution >= 0.6 is 15.9 Å². The first kappa shape index (κ1) is 17.0. The molecule has 1 fully saturated rings. The smallest absolute Gasteiger partial charge is 0.0324 e. The van der Waals surface area contributed by atoms with Gasteiger partial charge in [-0.2, -0.15) is 0 Å². The molecule has 1 aliphatic rings. The normalized spacial score (nSPS) is 25.2. The summed E-state index contributed by atoms with van der Waals surface area (Å²) in [4.78, 5) is 2.70. The fourth-order valence-electron chi connectivity index (χ4n) is 3.40. The number of halogens is 1. The Hall–Kier alpha value is -0.380. The second kappa shape index (κ2) is 7.75. The van der Waals surface area contributed by atoms with Crippen molar-refractivity contribution in [2.75, 3.05) is 13.1 Å². The van der Waals surface area contributed by atoms with Crippen molar-refractivity contribution in [3.8, 4) is 0 Å². The van der Waals surface area contributed by atoms with Crippen LogP contribution in [-0.4, -0.2) is 30.1 Å². The minimum atomic E-state index is 0.486. The quantitative estimate of drug-likeness (QED) is 0.832. The zero-order valence-electron chi connectivity index (χ0n) is 13.8. The van der Waals surface area contributed by atoms with Crippen LogP contribution in [0, 0.1) is 5.92 Å². The molecular formula is C18H29BrN2. The van der Waals surface area contributed by atoms with E-state index < -0.39 is 0 Å². The van der Waals surface area contributed by atoms with Gasteiger partial charge in [0.05, 0.1) is 0 Å². The van der Waals surface area contributed by atoms with E-state index in [4.69, 9.17) is 0 Å². The Morgan fingerprint density at radius 2 is 1.90 bits per heavy atom. The molecule has 3 unspecified atom stereocenters. The van der Waals surface area contributed by atoms with Gasteiger partial charge in [-0.1, -0.05) is 48.8 Å². The standard InChI is InChI=1S/C18H29BrN2/c1-5-18-11-20-17(10-13(2)3)12-21(18)14(4)15-6-8-16(19)9-7-15/h6-9,13-14,17-18,20H,5,10-12H2,1-4H3. The largest absolute Gasteiger partial charge is 0.311 e. The first-order chi connectivity index (χ1) is 10.0. The lowest BCUT2D eigenvalue weighted by molar-refractivity contribution is 0.0803. The molecule has 2 nitrogen and oxygen atoms in total. The highest BCUT2D eigenvalue weighted by Gasteiger charge is 2.30. The average molecular weight is 353 g/mol. The molecule has 1 aliphatic heterocycles. The predicted octanol–water partition coefficient (Wildman–Crippen LogP) is 4.61. The lowest BCUT2D eigenvalue weighted by Crippen LogP contribution is -2.57. The lowest BCUT2D eigenvalue weighted by Gasteiger charge is -2.44. The molecule has 0 radical (unpaired) electrons. The Balaban J connectivity index is 2.10. The van der Waals surface area contributed by atoms with Crippen molar-refractivity contribution >= 4 is 15.9 Å². The Labute approximate surface area is 138 Å². The number of piperazine rings is 1. The van der Waals surface area contributed by atoms with Crippen molar-refractivity contribution in [2.45, 2.75) is 58.7 Å². The Morgan fingerprint density at radius 3 is 2.48 bits per heavy atom. The molecule has 1 heterocycles. The molecule has 3 heteroatoms. The summed E-state index contributed by atoms with van der Waals surface area (Å²) in [5.41, 5.74) is 1.42. The van der Waals surface area contributed by atoms with Gasteiger partial charge in [0, 0.05) is 35.7 Å². The topological polar surface area (TPSA) is 15.3 Å². The molecule has 118 valence electrons. The van der Waals surface area contributed by atoms with Gasteiger partial charge < -0.3 is 5.32 Å². The van der Waals surface area contributed by atoms with Crippen LogP contribution in [0.15, 0.2) is 28.7 Å². The molecule has 1 N–H and O–H groups in total. The number of rotatable bonds is 5. The van der Waals surface area contributed by atoms with Gasteiger partial charge in [-0.3, -0.25) is 4.90 Å². The van der Waals surface area contributed by atoms with Crippen molar-refractivity contribution < 1.29 is 0 Å². The summed E-state index contributed by atoms with van der Waals surface area (Å²) in [7, 11) is 0. The van der Waals surface area contributed by atoms with E-state index in [9.17, 15) is 0 Å². The zero-order valence-corrected chi connectivity index (χ0v) is 15.4. The van der Waals surface area contributed by atoms with Crippen LogP contribution in [0.2, 0.25) is 0 Å². The summed E-state index contributed by atoms with van der Waals surface area (Å²) in [6, 6.07) is 10.6. The molecule has 21 heavy (non-hydrogen) atoms. The van der Waals surface area contributed by atoms with Crippen LogP contribution in [0.5, 0.6) is 0 Å². The van der Waals surface area contributed by atoms with Gasteiger partial charge in [-0.05, 0) is 43.4 Å². The summed E-state index contributed by atoms with van der Waals surface area (Å²) >= 11 is 3.53. The highest BCUT2D eigenvalue weighted by molar-refractivity contribution is 9.10. The maximum Gasteiger partial charge on any atom is 0.0324 e. The van der Waals surface area contributed by atoms with Gasteiger partial charge in [0.25, 0.3) is 0 Å². The molecule has 0 amide bonds. The van der Waals surface area contributed by atoms with E-state index in [1.165, 1.54) is 18.4 Å². The van der Waals surface area contributed by atoms with Crippen LogP contribution < -0.4 is 5.32 Å². The fourth-order valence-corrected chi connectivity index (χ4v) is 3.67. The maximum absolute atomic E-state index is 3.75. The van der Waals surface area contributed by atoms with Crippen LogP contribution in [0.4, 0.5) is 0 Å². The first-order valence-corrected chi connectivity index (χ1v) is 9.05. The minimum absolute atomic E-state index is 0.486. The number of nitrogens with one attached hydrogen (secondary N) is 1. The third-order valence-electron chi connectivity index (χ3n) is 4.62. The van der Waals surface area contributed by atoms with E-state index >= 15 is 0 Å². The van der Waals surface area contributed by atoms with E-state index in [2.05, 4.69) is 78.1 Å². The average Bonchev–Trinajstić information content (AvgIpc) is 2.46. The van der Waals surface area contributed by atoms with Crippen molar-refractivity contribution in [2.24, 2.45) is 5.92 Å². The number of hydrogen-bond acceptors (Lipinski definition) is 2. The number of nitrogens with zero attached hydrogens (tertiary/aromatic N) is 1. The Bertz CT molecular complexity index is 429. The Kier molecular flexibility index (Phi) is 6.27. The van der Waals surface area contributed by atoms with E-state index in [-0.39, 0.29) is 0 Å². The van der Waals surface area contributed by atoms with E-state index in [1.54, 1.807) is 0 Å². The molecule has 1 saturated heterocycles. The third-order valence-corrected chi connectivity index (χ3v) is 5.15. The van der Waals surface area contributed by atoms with Crippen molar-refractivity contribution in [1.82, 2.24) is 10.2 Å². The monoisotopic (exact) mass is 352 g/mol. The van der Waals surface area contributed by atoms with Gasteiger partial charge in [-0.15, -0.1) is 0 Å². The second-order valence-electron chi connectivity index (χ2n) is 6.72. The summed E-state index contributed by atoms with van der Waals surface area (Å²) in [5.74, 6) is 0.755. The van der Waals surface area contributed by atoms with E-state index in [0.717, 1.165) is 23.5 Å². The first-order valence-electron chi connectivity index (χ1n) is 8.25. The molecule has 2 rings (SSSR count). The van der Waals surface area contributed by atoms with E-state index in [0.29, 0.717) is 18.1 Å². The predicted molar refractivity (Wildman–Crippen MR) is 94.6 cm³/mol. The molecule has 1 aromatic carbocycles. The maximum atomic E-state index is 3.75. The molecular weight excluding hydrogens is 324 g/mol. The molecule has 0 aromatic heterocycles. The highest BCUT2D eigenvalue weighted by Crippen LogP contribution is 2.27. The van der Waals surface area contributed by atoms with Gasteiger partial charge >= 0.3 is 0 Å². The minimum Gasteiger partial charge on any atom is -0.311 e. The van der Waals surface area contributed by atoms with Crippen LogP contribution in [-0.2, 0) is 0 Å². The molecule has 0 aliphatic carbocycles. The summed E-state index contributed by atoms with van der Waals surface area (Å²) in [5, 5.41) is 3.75. The third kappa shape index (κ3) is 4.54. The molecule has 0 spiro atoms. The van der Waals surface area contributed by atoms with Crippen molar-refractivity contribution in [3.63, 3.8) is 0 Å². The zero-order chi connectivity index (χ0) is 15.4. The lowest BCUT2D eigenvalue weighted by atomic mass is 9.96. The van der Waals surface area contributed by atoms with Crippen LogP contribution in [0.25, 0.3) is 0 Å². The Morgan fingerprint density at radius 1 is 1.24 bits per heavy atom. The SMILES string of the molecule is CCC1CNC(CC(C)C)CN1C(C)c1ccc(Br)cc1. The van der Waals surface area contributed by atoms with E-state index in [1.807, 2.05) is 0 Å². The van der Waals surface area contributed by atoms with Crippen molar-refractivity contribution in [1.29, 1.82) is 0 Å². The van der Waals surface area contributed by atoms with Gasteiger partial charge in [0.2, 0.25) is 0 Å². The number of benzene rings is 1. The molecule has 3 atom stereocenters. The van der Waals surface area contributed by atoms with Gasteiger partial charge in [0.15, 0.2) is 0 Å². The highest BCUT2D eigenvalue weighted by atomic mass is 79.9. The fraction of sp³-hybridized carbons (Fsp3) is 0.667. The van der Waals surface area contributed by atoms with Crippen molar-refractivity contribution in [3.05, 3.63) is 34.3 Å². The summed E-state index contributed by atoms with van der Waals surface area (Å²) in [6.45, 7) is 11.6. The molecule has 1 aromatic rings. The summed E-state index contributed by atoms with van der Waals surface area (Å²) < 4.78 is 1.16. The summed E-state index contributed by atoms with van der Waals surface area (Å²) in [6.07, 6.45) is 2.47. The van der Waals surface area contributed by atoms with Gasteiger partial charge in [0.1, 0.15) is 0 Å². The number of hydrogen-bond donors (Lipinski definition) is 1.